The summed E-state index contributed by atoms with van der Waals surface area (Å²) < 4.78 is 47.4. The van der Waals surface area contributed by atoms with Crippen molar-refractivity contribution in [2.24, 2.45) is 0 Å². The number of pyridine rings is 1. The molecule has 0 saturated carbocycles. The molecule has 1 aromatic carbocycles. The molecule has 2 fully saturated rings. The number of piperazine rings is 1. The van der Waals surface area contributed by atoms with Gasteiger partial charge in [-0.25, -0.2) is 0 Å². The Morgan fingerprint density at radius 2 is 1.82 bits per heavy atom. The number of hydrogen-bond acceptors (Lipinski definition) is 7. The molecule has 2 saturated heterocycles. The van der Waals surface area contributed by atoms with Crippen molar-refractivity contribution in [3.8, 4) is 5.75 Å². The number of carbonyl (C=O) groups excluding carboxylic acids is 1. The predicted molar refractivity (Wildman–Crippen MR) is 143 cm³/mol. The van der Waals surface area contributed by atoms with Crippen LogP contribution in [0, 0.1) is 6.92 Å². The highest BCUT2D eigenvalue weighted by molar-refractivity contribution is 5.86. The van der Waals surface area contributed by atoms with Crippen LogP contribution in [0.3, 0.4) is 0 Å². The highest BCUT2D eigenvalue weighted by atomic mass is 19.4. The van der Waals surface area contributed by atoms with Crippen molar-refractivity contribution in [3.05, 3.63) is 83.5 Å². The second-order valence-electron chi connectivity index (χ2n) is 10.6. The van der Waals surface area contributed by atoms with E-state index in [4.69, 9.17) is 4.74 Å². The van der Waals surface area contributed by atoms with Gasteiger partial charge in [0.15, 0.2) is 0 Å². The molecule has 11 heteroatoms. The third-order valence-electron chi connectivity index (χ3n) is 7.81. The van der Waals surface area contributed by atoms with Gasteiger partial charge in [-0.1, -0.05) is 29.8 Å². The number of ether oxygens (including phenoxy) is 1. The number of allylic oxidation sites excluding steroid dienone is 2. The minimum atomic E-state index is -4.65. The fourth-order valence-corrected chi connectivity index (χ4v) is 5.59. The molecule has 5 rings (SSSR count). The molecule has 0 spiro atoms. The summed E-state index contributed by atoms with van der Waals surface area (Å²) in [5.74, 6) is 1.37. The standard InChI is InChI=1S/C29H34F3N5O3/c1-21-6-8-22(9-7-21)40-28(27(39)36-17-15-35(16-18-36)25-5-3-4-13-34(25)2)11-14-37(20-28)26(38)23-19-33-12-10-24(23)29(30,31)32/h3-10,12,19,26,38H,11,13-18,20H2,1-2H3. The number of alkyl halides is 3. The van der Waals surface area contributed by atoms with Gasteiger partial charge in [-0.05, 0) is 31.2 Å². The van der Waals surface area contributed by atoms with E-state index < -0.39 is 23.6 Å². The molecule has 1 amide bonds. The normalized spacial score (nSPS) is 22.9. The molecule has 1 aromatic heterocycles. The minimum Gasteiger partial charge on any atom is -0.476 e. The molecule has 8 nitrogen and oxygen atoms in total. The van der Waals surface area contributed by atoms with Crippen LogP contribution < -0.4 is 4.74 Å². The summed E-state index contributed by atoms with van der Waals surface area (Å²) in [6.07, 6.45) is 2.23. The number of aliphatic hydroxyl groups is 1. The Labute approximate surface area is 231 Å². The van der Waals surface area contributed by atoms with Gasteiger partial charge in [-0.2, -0.15) is 13.2 Å². The topological polar surface area (TPSA) is 72.4 Å². The van der Waals surface area contributed by atoms with Crippen molar-refractivity contribution in [2.45, 2.75) is 31.3 Å². The number of carbonyl (C=O) groups is 1. The van der Waals surface area contributed by atoms with Crippen LogP contribution in [0.4, 0.5) is 13.2 Å². The summed E-state index contributed by atoms with van der Waals surface area (Å²) in [7, 11) is 2.03. The van der Waals surface area contributed by atoms with Crippen molar-refractivity contribution in [2.75, 3.05) is 52.9 Å². The third-order valence-corrected chi connectivity index (χ3v) is 7.81. The van der Waals surface area contributed by atoms with Crippen molar-refractivity contribution in [1.29, 1.82) is 0 Å². The minimum absolute atomic E-state index is 0.0635. The van der Waals surface area contributed by atoms with Crippen LogP contribution in [0.2, 0.25) is 0 Å². The van der Waals surface area contributed by atoms with Crippen LogP contribution in [-0.2, 0) is 11.0 Å². The van der Waals surface area contributed by atoms with Crippen LogP contribution in [-0.4, -0.2) is 94.1 Å². The molecule has 214 valence electrons. The molecule has 3 aliphatic rings. The number of aromatic nitrogens is 1. The van der Waals surface area contributed by atoms with Gasteiger partial charge in [0, 0.05) is 70.7 Å². The van der Waals surface area contributed by atoms with E-state index in [0.29, 0.717) is 31.9 Å². The lowest BCUT2D eigenvalue weighted by atomic mass is 9.99. The number of nitrogens with zero attached hydrogens (tertiary/aromatic N) is 5. The fraction of sp³-hybridized carbons (Fsp3) is 0.448. The van der Waals surface area contributed by atoms with Crippen LogP contribution in [0.25, 0.3) is 0 Å². The van der Waals surface area contributed by atoms with E-state index >= 15 is 0 Å². The number of aliphatic hydroxyl groups excluding tert-OH is 1. The lowest BCUT2D eigenvalue weighted by Crippen LogP contribution is -2.59. The number of rotatable bonds is 6. The smallest absolute Gasteiger partial charge is 0.416 e. The van der Waals surface area contributed by atoms with Gasteiger partial charge in [-0.15, -0.1) is 0 Å². The summed E-state index contributed by atoms with van der Waals surface area (Å²) in [5, 5.41) is 11.1. The second kappa shape index (κ2) is 11.1. The van der Waals surface area contributed by atoms with E-state index in [1.807, 2.05) is 32.2 Å². The Morgan fingerprint density at radius 1 is 1.10 bits per heavy atom. The number of hydrogen-bond donors (Lipinski definition) is 1. The van der Waals surface area contributed by atoms with Crippen molar-refractivity contribution >= 4 is 5.91 Å². The van der Waals surface area contributed by atoms with Gasteiger partial charge >= 0.3 is 6.18 Å². The van der Waals surface area contributed by atoms with Crippen LogP contribution in [0.1, 0.15) is 29.3 Å². The number of amides is 1. The quantitative estimate of drug-likeness (QED) is 0.584. The van der Waals surface area contributed by atoms with Crippen molar-refractivity contribution in [1.82, 2.24) is 24.6 Å². The molecule has 3 aliphatic heterocycles. The molecule has 2 aromatic rings. The Balaban J connectivity index is 1.37. The number of benzene rings is 1. The molecule has 1 N–H and O–H groups in total. The van der Waals surface area contributed by atoms with E-state index in [-0.39, 0.29) is 31.0 Å². The predicted octanol–water partition coefficient (Wildman–Crippen LogP) is 3.41. The first kappa shape index (κ1) is 28.0. The molecule has 40 heavy (non-hydrogen) atoms. The van der Waals surface area contributed by atoms with Crippen LogP contribution in [0.5, 0.6) is 5.75 Å². The van der Waals surface area contributed by atoms with Gasteiger partial charge in [0.1, 0.15) is 17.8 Å². The zero-order chi connectivity index (χ0) is 28.5. The number of likely N-dealkylation sites (tertiary alicyclic amines) is 1. The van der Waals surface area contributed by atoms with E-state index in [0.717, 1.165) is 36.4 Å². The largest absolute Gasteiger partial charge is 0.476 e. The zero-order valence-corrected chi connectivity index (χ0v) is 22.6. The van der Waals surface area contributed by atoms with Gasteiger partial charge in [-0.3, -0.25) is 14.7 Å². The third kappa shape index (κ3) is 5.66. The highest BCUT2D eigenvalue weighted by Crippen LogP contribution is 2.39. The summed E-state index contributed by atoms with van der Waals surface area (Å²) >= 11 is 0. The fourth-order valence-electron chi connectivity index (χ4n) is 5.59. The second-order valence-corrected chi connectivity index (χ2v) is 10.6. The van der Waals surface area contributed by atoms with Crippen LogP contribution >= 0.6 is 0 Å². The molecule has 0 bridgehead atoms. The molecule has 2 unspecified atom stereocenters. The molecule has 0 radical (unpaired) electrons. The summed E-state index contributed by atoms with van der Waals surface area (Å²) in [6, 6.07) is 8.17. The average molecular weight is 558 g/mol. The molecule has 4 heterocycles. The Morgan fingerprint density at radius 3 is 2.50 bits per heavy atom. The Bertz CT molecular complexity index is 1270. The van der Waals surface area contributed by atoms with E-state index in [1.165, 1.54) is 4.90 Å². The van der Waals surface area contributed by atoms with Crippen molar-refractivity contribution in [3.63, 3.8) is 0 Å². The van der Waals surface area contributed by atoms with E-state index in [1.54, 1.807) is 17.0 Å². The van der Waals surface area contributed by atoms with Gasteiger partial charge in [0.25, 0.3) is 5.91 Å². The van der Waals surface area contributed by atoms with Gasteiger partial charge in [0.05, 0.1) is 12.1 Å². The maximum absolute atomic E-state index is 14.1. The molecule has 2 atom stereocenters. The maximum atomic E-state index is 14.1. The summed E-state index contributed by atoms with van der Waals surface area (Å²) in [4.78, 5) is 25.6. The number of likely N-dealkylation sites (N-methyl/N-ethyl adjacent to an activating group) is 1. The highest BCUT2D eigenvalue weighted by Gasteiger charge is 2.51. The number of halogens is 3. The lowest BCUT2D eigenvalue weighted by molar-refractivity contribution is -0.150. The maximum Gasteiger partial charge on any atom is 0.416 e. The van der Waals surface area contributed by atoms with Gasteiger partial charge < -0.3 is 24.5 Å². The van der Waals surface area contributed by atoms with Crippen LogP contribution in [0.15, 0.2) is 66.8 Å². The van der Waals surface area contributed by atoms with Gasteiger partial charge in [0.2, 0.25) is 5.60 Å². The molecular formula is C29H34F3N5O3. The zero-order valence-electron chi connectivity index (χ0n) is 22.6. The number of aryl methyl sites for hydroxylation is 1. The van der Waals surface area contributed by atoms with E-state index in [2.05, 4.69) is 26.9 Å². The average Bonchev–Trinajstić information content (AvgIpc) is 3.38. The SMILES string of the molecule is Cc1ccc(OC2(C(=O)N3CCN(C4=CC=CCN4C)CC3)CCN(C(O)c3cnccc3C(F)(F)F)C2)cc1. The molecular weight excluding hydrogens is 523 g/mol. The Hall–Kier alpha value is -3.57. The first-order valence-corrected chi connectivity index (χ1v) is 13.4. The first-order chi connectivity index (χ1) is 19.1. The van der Waals surface area contributed by atoms with E-state index in [9.17, 15) is 23.1 Å². The summed E-state index contributed by atoms with van der Waals surface area (Å²) in [5.41, 5.74) is -1.63. The monoisotopic (exact) mass is 557 g/mol. The Kier molecular flexibility index (Phi) is 7.78. The first-order valence-electron chi connectivity index (χ1n) is 13.4. The van der Waals surface area contributed by atoms with Crippen molar-refractivity contribution < 1.29 is 27.8 Å². The summed E-state index contributed by atoms with van der Waals surface area (Å²) in [6.45, 7) is 5.14. The molecule has 0 aliphatic carbocycles. The lowest BCUT2D eigenvalue weighted by Gasteiger charge is -2.43.